The Balaban J connectivity index is 1.32. The van der Waals surface area contributed by atoms with Gasteiger partial charge in [-0.1, -0.05) is 6.07 Å². The molecule has 3 atom stereocenters. The molecule has 11 heteroatoms. The fourth-order valence-electron chi connectivity index (χ4n) is 5.34. The number of ether oxygens (including phenoxy) is 2. The fourth-order valence-corrected chi connectivity index (χ4v) is 6.30. The van der Waals surface area contributed by atoms with Crippen LogP contribution in [0.1, 0.15) is 37.4 Å². The number of aliphatic hydroxyl groups is 1. The molecular formula is C29H33F3N2O5S. The Kier molecular flexibility index (Phi) is 10.2. The predicted molar refractivity (Wildman–Crippen MR) is 147 cm³/mol. The number of carboxylic acids is 1. The molecule has 2 aromatic carbocycles. The summed E-state index contributed by atoms with van der Waals surface area (Å²) in [5.74, 6) is 0.344. The van der Waals surface area contributed by atoms with E-state index in [2.05, 4.69) is 14.6 Å². The minimum Gasteiger partial charge on any atom is -0.497 e. The molecule has 1 aliphatic rings. The number of hydrogen-bond acceptors (Lipinski definition) is 7. The minimum atomic E-state index is -4.73. The molecule has 1 fully saturated rings. The number of alkyl halides is 3. The molecule has 0 bridgehead atoms. The van der Waals surface area contributed by atoms with Gasteiger partial charge in [0.1, 0.15) is 11.5 Å². The number of piperidine rings is 1. The lowest BCUT2D eigenvalue weighted by molar-refractivity contribution is -0.274. The highest BCUT2D eigenvalue weighted by molar-refractivity contribution is 7.99. The number of fused-ring (bicyclic) bond motifs is 1. The van der Waals surface area contributed by atoms with Crippen molar-refractivity contribution in [2.24, 2.45) is 11.8 Å². The number of carboxylic acid groups (broad SMARTS) is 1. The first kappa shape index (κ1) is 30.0. The number of carbonyl (C=O) groups is 1. The van der Waals surface area contributed by atoms with Crippen molar-refractivity contribution in [3.05, 3.63) is 60.3 Å². The largest absolute Gasteiger partial charge is 0.573 e. The number of pyridine rings is 1. The fraction of sp³-hybridized carbons (Fsp3) is 0.448. The lowest BCUT2D eigenvalue weighted by Gasteiger charge is -2.38. The second kappa shape index (κ2) is 13.6. The molecule has 0 aliphatic carbocycles. The Morgan fingerprint density at radius 3 is 2.75 bits per heavy atom. The Morgan fingerprint density at radius 2 is 2.00 bits per heavy atom. The molecule has 216 valence electrons. The van der Waals surface area contributed by atoms with Crippen molar-refractivity contribution in [1.82, 2.24) is 9.88 Å². The number of aromatic nitrogens is 1. The zero-order valence-electron chi connectivity index (χ0n) is 22.1. The summed E-state index contributed by atoms with van der Waals surface area (Å²) < 4.78 is 46.8. The van der Waals surface area contributed by atoms with Crippen LogP contribution in [-0.4, -0.2) is 64.9 Å². The number of hydrogen-bond donors (Lipinski definition) is 2. The molecule has 1 saturated heterocycles. The van der Waals surface area contributed by atoms with E-state index in [1.165, 1.54) is 30.0 Å². The lowest BCUT2D eigenvalue weighted by Crippen LogP contribution is -2.42. The maximum atomic E-state index is 12.5. The van der Waals surface area contributed by atoms with Crippen LogP contribution in [0, 0.1) is 11.8 Å². The van der Waals surface area contributed by atoms with E-state index in [1.54, 1.807) is 19.4 Å². The van der Waals surface area contributed by atoms with Crippen LogP contribution in [0.25, 0.3) is 10.9 Å². The van der Waals surface area contributed by atoms with Crippen LogP contribution in [0.4, 0.5) is 13.2 Å². The maximum absolute atomic E-state index is 12.5. The topological polar surface area (TPSA) is 92.1 Å². The first-order valence-corrected chi connectivity index (χ1v) is 14.1. The number of likely N-dealkylation sites (tertiary alicyclic amines) is 1. The Hall–Kier alpha value is -3.02. The highest BCUT2D eigenvalue weighted by Gasteiger charge is 2.32. The normalized spacial score (nSPS) is 18.9. The third kappa shape index (κ3) is 8.49. The van der Waals surface area contributed by atoms with E-state index < -0.39 is 18.4 Å². The van der Waals surface area contributed by atoms with Gasteiger partial charge in [-0.15, -0.1) is 24.9 Å². The van der Waals surface area contributed by atoms with Crippen molar-refractivity contribution >= 4 is 28.6 Å². The van der Waals surface area contributed by atoms with E-state index in [0.717, 1.165) is 29.4 Å². The molecule has 2 heterocycles. The van der Waals surface area contributed by atoms with Gasteiger partial charge >= 0.3 is 12.3 Å². The predicted octanol–water partition coefficient (Wildman–Crippen LogP) is 6.16. The van der Waals surface area contributed by atoms with Gasteiger partial charge in [0.15, 0.2) is 0 Å². The van der Waals surface area contributed by atoms with E-state index >= 15 is 0 Å². The summed E-state index contributed by atoms with van der Waals surface area (Å²) in [6.07, 6.45) is -1.70. The molecule has 2 N–H and O–H groups in total. The van der Waals surface area contributed by atoms with Gasteiger partial charge in [0, 0.05) is 41.7 Å². The number of thioether (sulfide) groups is 1. The average Bonchev–Trinajstić information content (AvgIpc) is 2.90. The molecular weight excluding hydrogens is 545 g/mol. The second-order valence-corrected chi connectivity index (χ2v) is 11.1. The third-order valence-electron chi connectivity index (χ3n) is 7.28. The SMILES string of the molecule is COc1ccc2nccc([C@H](O)CC[C@@H]3CCN(CCSc4cccc(OC(F)(F)F)c4)C[C@@H]3CC(=O)O)c2c1. The van der Waals surface area contributed by atoms with Crippen molar-refractivity contribution in [1.29, 1.82) is 0 Å². The van der Waals surface area contributed by atoms with Crippen LogP contribution in [0.3, 0.4) is 0 Å². The molecule has 7 nitrogen and oxygen atoms in total. The molecule has 0 saturated carbocycles. The Bertz CT molecular complexity index is 1290. The van der Waals surface area contributed by atoms with Crippen molar-refractivity contribution in [3.8, 4) is 11.5 Å². The summed E-state index contributed by atoms with van der Waals surface area (Å²) in [4.78, 5) is 18.9. The summed E-state index contributed by atoms with van der Waals surface area (Å²) in [6.45, 7) is 2.11. The van der Waals surface area contributed by atoms with Crippen molar-refractivity contribution in [2.75, 3.05) is 32.5 Å². The number of halogens is 3. The molecule has 0 radical (unpaired) electrons. The van der Waals surface area contributed by atoms with Crippen LogP contribution in [0.15, 0.2) is 59.6 Å². The number of aliphatic hydroxyl groups excluding tert-OH is 1. The van der Waals surface area contributed by atoms with Crippen molar-refractivity contribution < 1.29 is 37.7 Å². The number of aliphatic carboxylic acids is 1. The zero-order chi connectivity index (χ0) is 28.7. The standard InChI is InChI=1S/C29H33F3N2O5S/c1-38-21-6-7-26-25(17-21)24(9-11-33-26)27(35)8-5-19-10-12-34(18-20(19)15-28(36)37)13-14-40-23-4-2-3-22(16-23)39-29(30,31)32/h2-4,6-7,9,11,16-17,19-20,27,35H,5,8,10,12-15,18H2,1H3,(H,36,37)/t19-,20+,27-/m1/s1. The van der Waals surface area contributed by atoms with E-state index in [0.29, 0.717) is 42.3 Å². The summed E-state index contributed by atoms with van der Waals surface area (Å²) >= 11 is 1.43. The summed E-state index contributed by atoms with van der Waals surface area (Å²) in [7, 11) is 1.59. The number of benzene rings is 2. The van der Waals surface area contributed by atoms with Gasteiger partial charge in [-0.25, -0.2) is 0 Å². The highest BCUT2D eigenvalue weighted by atomic mass is 32.2. The first-order chi connectivity index (χ1) is 19.1. The first-order valence-electron chi connectivity index (χ1n) is 13.1. The minimum absolute atomic E-state index is 0.0522. The Labute approximate surface area is 235 Å². The smallest absolute Gasteiger partial charge is 0.497 e. The molecule has 3 aromatic rings. The highest BCUT2D eigenvalue weighted by Crippen LogP contribution is 2.35. The Morgan fingerprint density at radius 1 is 1.18 bits per heavy atom. The summed E-state index contributed by atoms with van der Waals surface area (Å²) in [5.41, 5.74) is 1.55. The van der Waals surface area contributed by atoms with E-state index in [-0.39, 0.29) is 24.0 Å². The number of nitrogens with zero attached hydrogens (tertiary/aromatic N) is 2. The van der Waals surface area contributed by atoms with Crippen molar-refractivity contribution in [3.63, 3.8) is 0 Å². The molecule has 40 heavy (non-hydrogen) atoms. The average molecular weight is 579 g/mol. The van der Waals surface area contributed by atoms with Gasteiger partial charge in [-0.05, 0) is 85.7 Å². The molecule has 0 spiro atoms. The summed E-state index contributed by atoms with van der Waals surface area (Å²) in [6, 6.07) is 13.3. The molecule has 1 aliphatic heterocycles. The monoisotopic (exact) mass is 578 g/mol. The van der Waals surface area contributed by atoms with Crippen LogP contribution < -0.4 is 9.47 Å². The second-order valence-electron chi connectivity index (χ2n) is 9.95. The molecule has 1 aromatic heterocycles. The van der Waals surface area contributed by atoms with Crippen molar-refractivity contribution in [2.45, 2.75) is 43.0 Å². The molecule has 0 unspecified atom stereocenters. The van der Waals surface area contributed by atoms with Crippen LogP contribution >= 0.6 is 11.8 Å². The van der Waals surface area contributed by atoms with Gasteiger partial charge < -0.3 is 24.6 Å². The van der Waals surface area contributed by atoms with Gasteiger partial charge in [0.25, 0.3) is 0 Å². The molecule has 0 amide bonds. The quantitative estimate of drug-likeness (QED) is 0.247. The van der Waals surface area contributed by atoms with E-state index in [9.17, 15) is 28.2 Å². The van der Waals surface area contributed by atoms with Gasteiger partial charge in [-0.2, -0.15) is 0 Å². The van der Waals surface area contributed by atoms with E-state index in [4.69, 9.17) is 4.74 Å². The third-order valence-corrected chi connectivity index (χ3v) is 8.25. The van der Waals surface area contributed by atoms with Gasteiger partial charge in [-0.3, -0.25) is 9.78 Å². The van der Waals surface area contributed by atoms with Gasteiger partial charge in [0.05, 0.1) is 18.7 Å². The van der Waals surface area contributed by atoms with Crippen LogP contribution in [0.2, 0.25) is 0 Å². The number of methoxy groups -OCH3 is 1. The molecule has 4 rings (SSSR count). The maximum Gasteiger partial charge on any atom is 0.573 e. The lowest BCUT2D eigenvalue weighted by atomic mass is 9.79. The summed E-state index contributed by atoms with van der Waals surface area (Å²) in [5, 5.41) is 21.4. The van der Waals surface area contributed by atoms with Crippen LogP contribution in [0.5, 0.6) is 11.5 Å². The zero-order valence-corrected chi connectivity index (χ0v) is 23.0. The van der Waals surface area contributed by atoms with E-state index in [1.807, 2.05) is 24.3 Å². The number of rotatable bonds is 12. The van der Waals surface area contributed by atoms with Crippen LogP contribution in [-0.2, 0) is 4.79 Å². The van der Waals surface area contributed by atoms with Gasteiger partial charge in [0.2, 0.25) is 0 Å².